The van der Waals surface area contributed by atoms with Gasteiger partial charge in [0.2, 0.25) is 0 Å². The molecule has 0 N–H and O–H groups in total. The lowest BCUT2D eigenvalue weighted by molar-refractivity contribution is 0.289. The Morgan fingerprint density at radius 3 is 2.33 bits per heavy atom. The molecule has 0 unspecified atom stereocenters. The number of halogens is 1. The number of aryl methyl sites for hydroxylation is 2. The van der Waals surface area contributed by atoms with Crippen LogP contribution in [0, 0.1) is 5.82 Å². The van der Waals surface area contributed by atoms with Crippen LogP contribution in [-0.2, 0) is 29.3 Å². The molecule has 0 saturated heterocycles. The minimum atomic E-state index is -3.65. The van der Waals surface area contributed by atoms with Crippen LogP contribution in [0.1, 0.15) is 30.2 Å². The van der Waals surface area contributed by atoms with E-state index in [1.54, 1.807) is 12.3 Å². The second kappa shape index (κ2) is 11.8. The summed E-state index contributed by atoms with van der Waals surface area (Å²) in [5.74, 6) is -0.0819. The Kier molecular flexibility index (Phi) is 8.33. The molecule has 5 nitrogen and oxygen atoms in total. The standard InChI is InChI=1S/C29H28FNO4S/c1-2-22-13-15-28(29(19-22)34-21-23-9-4-3-5-10-23)35-27-16-14-25(20-26(27)30)36(32,33)18-8-12-24-11-6-7-17-31-24/h3-7,9-11,13-17,19-20H,2,8,12,18,21H2,1H3. The fourth-order valence-electron chi connectivity index (χ4n) is 3.69. The number of benzene rings is 3. The van der Waals surface area contributed by atoms with Gasteiger partial charge in [-0.05, 0) is 72.9 Å². The first kappa shape index (κ1) is 25.4. The van der Waals surface area contributed by atoms with Crippen molar-refractivity contribution >= 4 is 9.84 Å². The number of aromatic nitrogens is 1. The molecule has 0 fully saturated rings. The summed E-state index contributed by atoms with van der Waals surface area (Å²) in [5, 5.41) is 0. The highest BCUT2D eigenvalue weighted by Crippen LogP contribution is 2.35. The lowest BCUT2D eigenvalue weighted by Crippen LogP contribution is -2.09. The molecule has 0 aliphatic heterocycles. The molecule has 3 aromatic carbocycles. The van der Waals surface area contributed by atoms with Gasteiger partial charge >= 0.3 is 0 Å². The monoisotopic (exact) mass is 505 g/mol. The highest BCUT2D eigenvalue weighted by Gasteiger charge is 2.18. The molecule has 0 spiro atoms. The topological polar surface area (TPSA) is 65.5 Å². The first-order valence-corrected chi connectivity index (χ1v) is 13.5. The molecule has 0 aliphatic rings. The van der Waals surface area contributed by atoms with Crippen LogP contribution in [0.15, 0.2) is 96.0 Å². The third kappa shape index (κ3) is 6.70. The molecule has 186 valence electrons. The van der Waals surface area contributed by atoms with Crippen LogP contribution >= 0.6 is 0 Å². The number of rotatable bonds is 11. The van der Waals surface area contributed by atoms with Crippen molar-refractivity contribution in [1.29, 1.82) is 0 Å². The summed E-state index contributed by atoms with van der Waals surface area (Å²) in [5.41, 5.74) is 2.87. The maximum absolute atomic E-state index is 14.9. The fourth-order valence-corrected chi connectivity index (χ4v) is 5.01. The van der Waals surface area contributed by atoms with Crippen molar-refractivity contribution in [3.63, 3.8) is 0 Å². The zero-order chi connectivity index (χ0) is 25.4. The number of sulfone groups is 1. The molecule has 0 amide bonds. The first-order valence-electron chi connectivity index (χ1n) is 11.8. The Hall–Kier alpha value is -3.71. The largest absolute Gasteiger partial charge is 0.485 e. The maximum atomic E-state index is 14.9. The van der Waals surface area contributed by atoms with Gasteiger partial charge in [0.05, 0.1) is 10.6 Å². The third-order valence-corrected chi connectivity index (χ3v) is 7.51. The maximum Gasteiger partial charge on any atom is 0.178 e. The van der Waals surface area contributed by atoms with Crippen LogP contribution in [-0.4, -0.2) is 19.2 Å². The van der Waals surface area contributed by atoms with Gasteiger partial charge in [-0.1, -0.05) is 49.4 Å². The third-order valence-electron chi connectivity index (χ3n) is 5.71. The van der Waals surface area contributed by atoms with Gasteiger partial charge in [0.1, 0.15) is 6.61 Å². The second-order valence-electron chi connectivity index (χ2n) is 8.35. The Labute approximate surface area is 211 Å². The van der Waals surface area contributed by atoms with E-state index in [-0.39, 0.29) is 16.4 Å². The van der Waals surface area contributed by atoms with E-state index < -0.39 is 15.7 Å². The average Bonchev–Trinajstić information content (AvgIpc) is 2.90. The van der Waals surface area contributed by atoms with Crippen LogP contribution in [0.2, 0.25) is 0 Å². The smallest absolute Gasteiger partial charge is 0.178 e. The molecule has 7 heteroatoms. The minimum absolute atomic E-state index is 0.0729. The quantitative estimate of drug-likeness (QED) is 0.231. The Bertz CT molecular complexity index is 1390. The Balaban J connectivity index is 1.46. The van der Waals surface area contributed by atoms with Crippen molar-refractivity contribution in [2.45, 2.75) is 37.7 Å². The summed E-state index contributed by atoms with van der Waals surface area (Å²) in [6.07, 6.45) is 3.41. The lowest BCUT2D eigenvalue weighted by atomic mass is 10.1. The Morgan fingerprint density at radius 2 is 1.61 bits per heavy atom. The number of pyridine rings is 1. The number of hydrogen-bond donors (Lipinski definition) is 0. The van der Waals surface area contributed by atoms with Crippen molar-refractivity contribution in [3.8, 4) is 17.2 Å². The molecule has 0 atom stereocenters. The van der Waals surface area contributed by atoms with Crippen molar-refractivity contribution < 1.29 is 22.3 Å². The zero-order valence-electron chi connectivity index (χ0n) is 20.1. The molecule has 0 saturated carbocycles. The molecule has 0 radical (unpaired) electrons. The highest BCUT2D eigenvalue weighted by atomic mass is 32.2. The van der Waals surface area contributed by atoms with Gasteiger partial charge in [0.25, 0.3) is 0 Å². The van der Waals surface area contributed by atoms with Gasteiger partial charge < -0.3 is 9.47 Å². The van der Waals surface area contributed by atoms with E-state index in [1.165, 1.54) is 12.1 Å². The van der Waals surface area contributed by atoms with Crippen LogP contribution in [0.5, 0.6) is 17.2 Å². The normalized spacial score (nSPS) is 11.3. The van der Waals surface area contributed by atoms with Crippen LogP contribution in [0.4, 0.5) is 4.39 Å². The zero-order valence-corrected chi connectivity index (χ0v) is 20.9. The van der Waals surface area contributed by atoms with Gasteiger partial charge in [-0.25, -0.2) is 12.8 Å². The van der Waals surface area contributed by atoms with Crippen molar-refractivity contribution in [1.82, 2.24) is 4.98 Å². The van der Waals surface area contributed by atoms with Gasteiger partial charge in [-0.3, -0.25) is 4.98 Å². The van der Waals surface area contributed by atoms with E-state index in [0.717, 1.165) is 29.3 Å². The van der Waals surface area contributed by atoms with E-state index in [1.807, 2.05) is 67.6 Å². The van der Waals surface area contributed by atoms with E-state index >= 15 is 0 Å². The summed E-state index contributed by atoms with van der Waals surface area (Å²) in [6.45, 7) is 2.37. The van der Waals surface area contributed by atoms with E-state index in [0.29, 0.717) is 30.9 Å². The summed E-state index contributed by atoms with van der Waals surface area (Å²) in [7, 11) is -3.65. The summed E-state index contributed by atoms with van der Waals surface area (Å²) in [4.78, 5) is 4.13. The lowest BCUT2D eigenvalue weighted by Gasteiger charge is -2.15. The van der Waals surface area contributed by atoms with E-state index in [4.69, 9.17) is 9.47 Å². The average molecular weight is 506 g/mol. The number of ether oxygens (including phenoxy) is 2. The molecule has 1 aromatic heterocycles. The number of nitrogens with zero attached hydrogens (tertiary/aromatic N) is 1. The molecule has 1 heterocycles. The summed E-state index contributed by atoms with van der Waals surface area (Å²) < 4.78 is 52.2. The van der Waals surface area contributed by atoms with Crippen LogP contribution in [0.3, 0.4) is 0 Å². The molecule has 4 rings (SSSR count). The van der Waals surface area contributed by atoms with E-state index in [2.05, 4.69) is 4.98 Å². The van der Waals surface area contributed by atoms with Crippen molar-refractivity contribution in [2.75, 3.05) is 5.75 Å². The summed E-state index contributed by atoms with van der Waals surface area (Å²) >= 11 is 0. The van der Waals surface area contributed by atoms with Crippen LogP contribution < -0.4 is 9.47 Å². The number of hydrogen-bond acceptors (Lipinski definition) is 5. The van der Waals surface area contributed by atoms with Crippen molar-refractivity contribution in [2.24, 2.45) is 0 Å². The van der Waals surface area contributed by atoms with Gasteiger partial charge in [-0.2, -0.15) is 0 Å². The molecular formula is C29H28FNO4S. The molecular weight excluding hydrogens is 477 g/mol. The summed E-state index contributed by atoms with van der Waals surface area (Å²) in [6, 6.07) is 24.5. The van der Waals surface area contributed by atoms with Gasteiger partial charge in [-0.15, -0.1) is 0 Å². The second-order valence-corrected chi connectivity index (χ2v) is 10.5. The highest BCUT2D eigenvalue weighted by molar-refractivity contribution is 7.91. The van der Waals surface area contributed by atoms with Gasteiger partial charge in [0, 0.05) is 11.9 Å². The molecule has 4 aromatic rings. The molecule has 0 bridgehead atoms. The first-order chi connectivity index (χ1) is 17.4. The SMILES string of the molecule is CCc1ccc(Oc2ccc(S(=O)(=O)CCCc3ccccn3)cc2F)c(OCc2ccccc2)c1. The van der Waals surface area contributed by atoms with E-state index in [9.17, 15) is 12.8 Å². The molecule has 36 heavy (non-hydrogen) atoms. The Morgan fingerprint density at radius 1 is 0.833 bits per heavy atom. The predicted molar refractivity (Wildman–Crippen MR) is 138 cm³/mol. The van der Waals surface area contributed by atoms with Crippen LogP contribution in [0.25, 0.3) is 0 Å². The predicted octanol–water partition coefficient (Wildman–Crippen LogP) is 6.56. The van der Waals surface area contributed by atoms with Gasteiger partial charge in [0.15, 0.2) is 32.9 Å². The molecule has 0 aliphatic carbocycles. The minimum Gasteiger partial charge on any atom is -0.485 e. The van der Waals surface area contributed by atoms with Crippen molar-refractivity contribution in [3.05, 3.63) is 114 Å². The fraction of sp³-hybridized carbons (Fsp3) is 0.207.